The van der Waals surface area contributed by atoms with Gasteiger partial charge in [-0.2, -0.15) is 0 Å². The molecule has 0 aliphatic carbocycles. The van der Waals surface area contributed by atoms with Crippen molar-refractivity contribution in [2.24, 2.45) is 0 Å². The van der Waals surface area contributed by atoms with E-state index >= 15 is 0 Å². The molecule has 1 heterocycles. The number of pyridine rings is 1. The average Bonchev–Trinajstić information content (AvgIpc) is 2.43. The number of hydrogen-bond donors (Lipinski definition) is 0. The third-order valence-electron chi connectivity index (χ3n) is 2.93. The van der Waals surface area contributed by atoms with Gasteiger partial charge in [-0.25, -0.2) is 0 Å². The van der Waals surface area contributed by atoms with Crippen LogP contribution in [0.5, 0.6) is 5.75 Å². The zero-order chi connectivity index (χ0) is 15.0. The molecule has 112 valence electrons. The number of aromatic nitrogens is 1. The molecule has 5 heteroatoms. The van der Waals surface area contributed by atoms with Crippen molar-refractivity contribution >= 4 is 5.91 Å². The largest absolute Gasteiger partial charge is 0.488 e. The van der Waals surface area contributed by atoms with Gasteiger partial charge < -0.3 is 14.2 Å². The molecular weight excluding hydrogens is 256 g/mol. The van der Waals surface area contributed by atoms with E-state index in [0.29, 0.717) is 12.4 Å². The van der Waals surface area contributed by atoms with Gasteiger partial charge >= 0.3 is 0 Å². The molecule has 0 saturated heterocycles. The number of carbonyl (C=O) groups excluding carboxylic acids is 1. The minimum Gasteiger partial charge on any atom is -0.488 e. The first-order valence-corrected chi connectivity index (χ1v) is 7.24. The molecule has 1 aromatic heterocycles. The Morgan fingerprint density at radius 3 is 2.45 bits per heavy atom. The van der Waals surface area contributed by atoms with Crippen molar-refractivity contribution in [3.63, 3.8) is 0 Å². The number of carbonyl (C=O) groups is 1. The Hall–Kier alpha value is -1.78. The maximum atomic E-state index is 12.2. The lowest BCUT2D eigenvalue weighted by Crippen LogP contribution is -2.37. The molecular formula is C15H24N2O3. The number of rotatable bonds is 8. The predicted octanol–water partition coefficient (Wildman–Crippen LogP) is 1.90. The van der Waals surface area contributed by atoms with Crippen LogP contribution in [-0.2, 0) is 11.3 Å². The third kappa shape index (κ3) is 4.40. The van der Waals surface area contributed by atoms with Crippen LogP contribution >= 0.6 is 0 Å². The summed E-state index contributed by atoms with van der Waals surface area (Å²) in [5.41, 5.74) is -0.254. The monoisotopic (exact) mass is 280 g/mol. The van der Waals surface area contributed by atoms with Crippen molar-refractivity contribution in [2.45, 2.75) is 40.2 Å². The van der Waals surface area contributed by atoms with Gasteiger partial charge in [0, 0.05) is 19.3 Å². The molecule has 0 atom stereocenters. The first-order chi connectivity index (χ1) is 9.63. The summed E-state index contributed by atoms with van der Waals surface area (Å²) in [5, 5.41) is 0. The minimum absolute atomic E-state index is 0.0237. The summed E-state index contributed by atoms with van der Waals surface area (Å²) in [6.07, 6.45) is 3.46. The highest BCUT2D eigenvalue weighted by molar-refractivity contribution is 5.76. The molecule has 0 aliphatic rings. The average molecular weight is 280 g/mol. The van der Waals surface area contributed by atoms with Crippen LogP contribution < -0.4 is 10.3 Å². The van der Waals surface area contributed by atoms with Crippen LogP contribution in [0.3, 0.4) is 0 Å². The topological polar surface area (TPSA) is 51.5 Å². The lowest BCUT2D eigenvalue weighted by molar-refractivity contribution is -0.132. The van der Waals surface area contributed by atoms with E-state index in [-0.39, 0.29) is 18.0 Å². The van der Waals surface area contributed by atoms with E-state index in [9.17, 15) is 9.59 Å². The second kappa shape index (κ2) is 8.40. The van der Waals surface area contributed by atoms with Crippen molar-refractivity contribution in [3.05, 3.63) is 28.7 Å². The maximum absolute atomic E-state index is 12.2. The molecule has 0 unspecified atom stereocenters. The minimum atomic E-state index is -0.254. The van der Waals surface area contributed by atoms with E-state index in [2.05, 4.69) is 0 Å². The molecule has 0 radical (unpaired) electrons. The Kier molecular flexibility index (Phi) is 6.84. The molecule has 0 bridgehead atoms. The number of amides is 1. The Balaban J connectivity index is 2.84. The molecule has 0 fully saturated rings. The molecule has 1 aromatic rings. The van der Waals surface area contributed by atoms with Crippen molar-refractivity contribution in [2.75, 3.05) is 19.7 Å². The summed E-state index contributed by atoms with van der Waals surface area (Å²) in [5.74, 6) is 0.268. The second-order valence-corrected chi connectivity index (χ2v) is 4.62. The smallest absolute Gasteiger partial charge is 0.293 e. The zero-order valence-corrected chi connectivity index (χ0v) is 12.6. The lowest BCUT2D eigenvalue weighted by Gasteiger charge is -2.22. The van der Waals surface area contributed by atoms with Gasteiger partial charge in [0.15, 0.2) is 5.75 Å². The molecule has 5 nitrogen and oxygen atoms in total. The second-order valence-electron chi connectivity index (χ2n) is 4.62. The van der Waals surface area contributed by atoms with Gasteiger partial charge in [0.2, 0.25) is 5.91 Å². The summed E-state index contributed by atoms with van der Waals surface area (Å²) in [6, 6.07) is 3.35. The Morgan fingerprint density at radius 2 is 1.90 bits per heavy atom. The van der Waals surface area contributed by atoms with Crippen molar-refractivity contribution < 1.29 is 9.53 Å². The molecule has 20 heavy (non-hydrogen) atoms. The van der Waals surface area contributed by atoms with Gasteiger partial charge in [0.25, 0.3) is 5.56 Å². The zero-order valence-electron chi connectivity index (χ0n) is 12.6. The van der Waals surface area contributed by atoms with Gasteiger partial charge in [-0.1, -0.05) is 13.8 Å². The predicted molar refractivity (Wildman–Crippen MR) is 79.0 cm³/mol. The summed E-state index contributed by atoms with van der Waals surface area (Å²) in [7, 11) is 0. The Morgan fingerprint density at radius 1 is 1.25 bits per heavy atom. The van der Waals surface area contributed by atoms with Crippen molar-refractivity contribution in [1.82, 2.24) is 9.47 Å². The van der Waals surface area contributed by atoms with Crippen LogP contribution in [0.1, 0.15) is 33.6 Å². The molecule has 0 spiro atoms. The van der Waals surface area contributed by atoms with Gasteiger partial charge in [-0.3, -0.25) is 9.59 Å². The summed E-state index contributed by atoms with van der Waals surface area (Å²) in [4.78, 5) is 26.1. The summed E-state index contributed by atoms with van der Waals surface area (Å²) in [6.45, 7) is 7.87. The molecule has 1 amide bonds. The Bertz CT molecular complexity index is 476. The van der Waals surface area contributed by atoms with E-state index in [0.717, 1.165) is 25.9 Å². The Labute approximate surface area is 120 Å². The molecule has 0 aromatic carbocycles. The maximum Gasteiger partial charge on any atom is 0.293 e. The first kappa shape index (κ1) is 16.3. The number of nitrogens with zero attached hydrogens (tertiary/aromatic N) is 2. The van der Waals surface area contributed by atoms with Gasteiger partial charge in [0.1, 0.15) is 6.54 Å². The highest BCUT2D eigenvalue weighted by atomic mass is 16.5. The standard InChI is InChI=1S/C15H24N2O3/c1-4-9-16(10-5-2)14(18)12-17-11-7-8-13(15(17)19)20-6-3/h7-8,11H,4-6,9-10,12H2,1-3H3. The lowest BCUT2D eigenvalue weighted by atomic mass is 10.3. The van der Waals surface area contributed by atoms with Crippen molar-refractivity contribution in [3.8, 4) is 5.75 Å². The fourth-order valence-corrected chi connectivity index (χ4v) is 2.05. The normalized spacial score (nSPS) is 10.3. The molecule has 0 saturated carbocycles. The molecule has 1 rings (SSSR count). The van der Waals surface area contributed by atoms with E-state index in [4.69, 9.17) is 4.74 Å². The number of ether oxygens (including phenoxy) is 1. The van der Waals surface area contributed by atoms with Crippen LogP contribution in [0.4, 0.5) is 0 Å². The summed E-state index contributed by atoms with van der Waals surface area (Å²) < 4.78 is 6.66. The quantitative estimate of drug-likeness (QED) is 0.730. The van der Waals surface area contributed by atoms with Gasteiger partial charge in [0.05, 0.1) is 6.61 Å². The van der Waals surface area contributed by atoms with E-state index in [1.54, 1.807) is 23.2 Å². The highest BCUT2D eigenvalue weighted by Gasteiger charge is 2.14. The van der Waals surface area contributed by atoms with Crippen LogP contribution in [0.15, 0.2) is 23.1 Å². The SMILES string of the molecule is CCCN(CCC)C(=O)Cn1cccc(OCC)c1=O. The molecule has 0 aliphatic heterocycles. The van der Waals surface area contributed by atoms with E-state index in [1.807, 2.05) is 20.8 Å². The number of hydrogen-bond acceptors (Lipinski definition) is 3. The fraction of sp³-hybridized carbons (Fsp3) is 0.600. The van der Waals surface area contributed by atoms with Crippen LogP contribution in [0.25, 0.3) is 0 Å². The van der Waals surface area contributed by atoms with E-state index < -0.39 is 0 Å². The first-order valence-electron chi connectivity index (χ1n) is 7.24. The highest BCUT2D eigenvalue weighted by Crippen LogP contribution is 2.03. The van der Waals surface area contributed by atoms with Crippen molar-refractivity contribution in [1.29, 1.82) is 0 Å². The fourth-order valence-electron chi connectivity index (χ4n) is 2.05. The van der Waals surface area contributed by atoms with Gasteiger partial charge in [-0.15, -0.1) is 0 Å². The van der Waals surface area contributed by atoms with E-state index in [1.165, 1.54) is 4.57 Å². The van der Waals surface area contributed by atoms with Crippen LogP contribution in [0, 0.1) is 0 Å². The van der Waals surface area contributed by atoms with Gasteiger partial charge in [-0.05, 0) is 31.9 Å². The molecule has 0 N–H and O–H groups in total. The van der Waals surface area contributed by atoms with Crippen LogP contribution in [0.2, 0.25) is 0 Å². The van der Waals surface area contributed by atoms with Crippen LogP contribution in [-0.4, -0.2) is 35.1 Å². The third-order valence-corrected chi connectivity index (χ3v) is 2.93. The summed E-state index contributed by atoms with van der Waals surface area (Å²) >= 11 is 0.